The Hall–Kier alpha value is -2.19. The van der Waals surface area contributed by atoms with E-state index < -0.39 is 0 Å². The Morgan fingerprint density at radius 1 is 1.39 bits per heavy atom. The van der Waals surface area contributed by atoms with Gasteiger partial charge in [-0.25, -0.2) is 4.98 Å². The van der Waals surface area contributed by atoms with Crippen molar-refractivity contribution in [1.82, 2.24) is 10.3 Å². The summed E-state index contributed by atoms with van der Waals surface area (Å²) in [5, 5.41) is 8.29. The van der Waals surface area contributed by atoms with Crippen LogP contribution < -0.4 is 10.00 Å². The highest BCUT2D eigenvalue weighted by atomic mass is 32.2. The van der Waals surface area contributed by atoms with Crippen molar-refractivity contribution in [1.29, 1.82) is 0 Å². The molecule has 0 atom stereocenters. The Labute approximate surface area is 141 Å². The van der Waals surface area contributed by atoms with Gasteiger partial charge in [0.05, 0.1) is 11.4 Å². The van der Waals surface area contributed by atoms with Crippen LogP contribution in [0.3, 0.4) is 0 Å². The zero-order chi connectivity index (χ0) is 16.2. The van der Waals surface area contributed by atoms with Gasteiger partial charge in [0, 0.05) is 10.9 Å². The molecule has 2 aromatic heterocycles. The van der Waals surface area contributed by atoms with Crippen LogP contribution in [0.2, 0.25) is 0 Å². The number of aryl methyl sites for hydroxylation is 2. The average molecular weight is 347 g/mol. The predicted molar refractivity (Wildman–Crippen MR) is 89.3 cm³/mol. The normalized spacial score (nSPS) is 10.7. The molecular weight excluding hydrogens is 332 g/mol. The van der Waals surface area contributed by atoms with E-state index in [9.17, 15) is 4.79 Å². The van der Waals surface area contributed by atoms with Crippen LogP contribution in [-0.4, -0.2) is 21.9 Å². The number of aromatic nitrogens is 3. The summed E-state index contributed by atoms with van der Waals surface area (Å²) in [7, 11) is 1.72. The van der Waals surface area contributed by atoms with Gasteiger partial charge in [0.2, 0.25) is 5.91 Å². The molecule has 0 spiro atoms. The van der Waals surface area contributed by atoms with Gasteiger partial charge in [0.25, 0.3) is 6.20 Å². The lowest BCUT2D eigenvalue weighted by Crippen LogP contribution is -2.28. The van der Waals surface area contributed by atoms with E-state index in [1.807, 2.05) is 5.38 Å². The molecule has 0 saturated carbocycles. The van der Waals surface area contributed by atoms with Crippen LogP contribution in [0.25, 0.3) is 11.3 Å². The smallest absolute Gasteiger partial charge is 0.288 e. The third-order valence-corrected chi connectivity index (χ3v) is 5.01. The van der Waals surface area contributed by atoms with Crippen molar-refractivity contribution in [2.24, 2.45) is 7.05 Å². The summed E-state index contributed by atoms with van der Waals surface area (Å²) in [5.41, 5.74) is 3.23. The van der Waals surface area contributed by atoms with E-state index in [2.05, 4.69) is 46.8 Å². The molecule has 1 N–H and O–H groups in total. The molecule has 0 aliphatic heterocycles. The topological polar surface area (TPSA) is 71.9 Å². The number of thioether (sulfide) groups is 1. The number of nitrogens with zero attached hydrogens (tertiary/aromatic N) is 3. The minimum absolute atomic E-state index is 0.154. The fraction of sp³-hybridized carbons (Fsp3) is 0.200. The first-order valence-corrected chi connectivity index (χ1v) is 8.74. The van der Waals surface area contributed by atoms with Crippen molar-refractivity contribution in [2.45, 2.75) is 11.3 Å². The van der Waals surface area contributed by atoms with Gasteiger partial charge in [0.15, 0.2) is 16.7 Å². The number of nitrogens with one attached hydrogen (secondary N) is 1. The summed E-state index contributed by atoms with van der Waals surface area (Å²) in [4.78, 5) is 16.4. The predicted octanol–water partition coefficient (Wildman–Crippen LogP) is 2.66. The van der Waals surface area contributed by atoms with Crippen LogP contribution in [-0.2, 0) is 11.8 Å². The highest BCUT2D eigenvalue weighted by Crippen LogP contribution is 2.28. The van der Waals surface area contributed by atoms with Crippen LogP contribution in [0, 0.1) is 6.92 Å². The van der Waals surface area contributed by atoms with E-state index in [0.717, 1.165) is 15.6 Å². The first-order chi connectivity index (χ1) is 11.1. The Morgan fingerprint density at radius 3 is 2.87 bits per heavy atom. The van der Waals surface area contributed by atoms with E-state index >= 15 is 0 Å². The van der Waals surface area contributed by atoms with Gasteiger partial charge in [-0.3, -0.25) is 14.6 Å². The lowest BCUT2D eigenvalue weighted by atomic mass is 10.1. The summed E-state index contributed by atoms with van der Waals surface area (Å²) in [6.07, 6.45) is 1.60. The molecule has 0 saturated heterocycles. The lowest BCUT2D eigenvalue weighted by molar-refractivity contribution is -0.739. The molecule has 0 aliphatic carbocycles. The summed E-state index contributed by atoms with van der Waals surface area (Å²) in [5.74, 6) is 0.446. The summed E-state index contributed by atoms with van der Waals surface area (Å²) in [6, 6.07) is 8.23. The maximum absolute atomic E-state index is 11.9. The van der Waals surface area contributed by atoms with E-state index in [0.29, 0.717) is 5.88 Å². The molecule has 0 unspecified atom stereocenters. The number of hydrogen-bond acceptors (Lipinski definition) is 6. The first kappa shape index (κ1) is 15.7. The number of anilines is 1. The summed E-state index contributed by atoms with van der Waals surface area (Å²) in [6.45, 7) is 2.05. The van der Waals surface area contributed by atoms with Crippen molar-refractivity contribution in [3.8, 4) is 11.3 Å². The maximum atomic E-state index is 11.9. The summed E-state index contributed by atoms with van der Waals surface area (Å²) >= 11 is 2.93. The van der Waals surface area contributed by atoms with Crippen molar-refractivity contribution >= 4 is 34.9 Å². The highest BCUT2D eigenvalue weighted by molar-refractivity contribution is 8.01. The lowest BCUT2D eigenvalue weighted by Gasteiger charge is -1.98. The van der Waals surface area contributed by atoms with E-state index in [1.165, 1.54) is 33.3 Å². The van der Waals surface area contributed by atoms with Crippen molar-refractivity contribution < 1.29 is 14.0 Å². The van der Waals surface area contributed by atoms with Crippen molar-refractivity contribution in [3.05, 3.63) is 41.4 Å². The van der Waals surface area contributed by atoms with E-state index in [-0.39, 0.29) is 11.7 Å². The standard InChI is InChI=1S/C15H14N4O2S2/c1-10-3-5-11(6-4-10)12-8-22-15(16-12)23-9-13(20)17-14-7-19(2)18-21-14/h3-8H,9H2,1-2H3/p+1. The number of carbonyl (C=O) groups excluding carboxylic acids is 1. The van der Waals surface area contributed by atoms with Crippen molar-refractivity contribution in [3.63, 3.8) is 0 Å². The SMILES string of the molecule is Cc1ccc(-c2csc(SCC(=O)Nc3c[n+](C)no3)n2)cc1. The van der Waals surface area contributed by atoms with Crippen LogP contribution in [0.4, 0.5) is 5.88 Å². The molecule has 0 fully saturated rings. The second-order valence-corrected chi connectivity index (χ2v) is 7.02. The molecule has 3 aromatic rings. The quantitative estimate of drug-likeness (QED) is 0.567. The Morgan fingerprint density at radius 2 is 2.17 bits per heavy atom. The van der Waals surface area contributed by atoms with Crippen LogP contribution in [0.15, 0.2) is 44.7 Å². The molecule has 118 valence electrons. The molecule has 0 radical (unpaired) electrons. The number of thiazole rings is 1. The Kier molecular flexibility index (Phi) is 4.73. The number of rotatable bonds is 5. The molecule has 8 heteroatoms. The molecule has 3 rings (SSSR count). The fourth-order valence-electron chi connectivity index (χ4n) is 1.86. The van der Waals surface area contributed by atoms with Gasteiger partial charge in [0.1, 0.15) is 0 Å². The number of amides is 1. The molecule has 2 heterocycles. The number of hydrogen-bond donors (Lipinski definition) is 1. The molecule has 0 bridgehead atoms. The number of benzene rings is 1. The molecule has 23 heavy (non-hydrogen) atoms. The molecular formula is C15H15N4O2S2+. The third-order valence-electron chi connectivity index (χ3n) is 2.99. The van der Waals surface area contributed by atoms with Crippen LogP contribution >= 0.6 is 23.1 Å². The third kappa shape index (κ3) is 4.17. The largest absolute Gasteiger partial charge is 0.302 e. The monoisotopic (exact) mass is 347 g/mol. The summed E-state index contributed by atoms with van der Waals surface area (Å²) < 4.78 is 7.26. The van der Waals surface area contributed by atoms with Crippen LogP contribution in [0.5, 0.6) is 0 Å². The average Bonchev–Trinajstić information content (AvgIpc) is 3.15. The molecule has 1 amide bonds. The Bertz CT molecular complexity index is 811. The zero-order valence-corrected chi connectivity index (χ0v) is 14.3. The zero-order valence-electron chi connectivity index (χ0n) is 12.6. The van der Waals surface area contributed by atoms with E-state index in [4.69, 9.17) is 4.52 Å². The first-order valence-electron chi connectivity index (χ1n) is 6.88. The Balaban J connectivity index is 1.56. The van der Waals surface area contributed by atoms with Gasteiger partial charge in [-0.2, -0.15) is 0 Å². The van der Waals surface area contributed by atoms with Gasteiger partial charge < -0.3 is 0 Å². The van der Waals surface area contributed by atoms with Gasteiger partial charge >= 0.3 is 5.88 Å². The van der Waals surface area contributed by atoms with Crippen molar-refractivity contribution in [2.75, 3.05) is 11.1 Å². The molecule has 0 aliphatic rings. The van der Waals surface area contributed by atoms with Gasteiger partial charge in [-0.05, 0) is 6.92 Å². The minimum Gasteiger partial charge on any atom is -0.288 e. The van der Waals surface area contributed by atoms with E-state index in [1.54, 1.807) is 13.2 Å². The second kappa shape index (κ2) is 6.93. The van der Waals surface area contributed by atoms with Gasteiger partial charge in [-0.1, -0.05) is 46.3 Å². The maximum Gasteiger partial charge on any atom is 0.302 e. The highest BCUT2D eigenvalue weighted by Gasteiger charge is 2.12. The second-order valence-electron chi connectivity index (χ2n) is 4.94. The molecule has 1 aromatic carbocycles. The minimum atomic E-state index is -0.154. The molecule has 6 nitrogen and oxygen atoms in total. The van der Waals surface area contributed by atoms with Crippen LogP contribution in [0.1, 0.15) is 5.56 Å². The fourth-order valence-corrected chi connectivity index (χ4v) is 3.50. The van der Waals surface area contributed by atoms with Gasteiger partial charge in [-0.15, -0.1) is 11.3 Å². The number of carbonyl (C=O) groups is 1.